The second kappa shape index (κ2) is 7.65. The molecule has 0 bridgehead atoms. The topological polar surface area (TPSA) is 41.1 Å². The summed E-state index contributed by atoms with van der Waals surface area (Å²) < 4.78 is 38.1. The van der Waals surface area contributed by atoms with Crippen LogP contribution in [0.15, 0.2) is 48.7 Å². The van der Waals surface area contributed by atoms with Gasteiger partial charge < -0.3 is 5.32 Å². The van der Waals surface area contributed by atoms with Gasteiger partial charge in [0.1, 0.15) is 5.69 Å². The molecule has 1 atom stereocenters. The van der Waals surface area contributed by atoms with Crippen molar-refractivity contribution in [3.05, 3.63) is 59.9 Å². The van der Waals surface area contributed by atoms with E-state index in [0.717, 1.165) is 43.9 Å². The van der Waals surface area contributed by atoms with E-state index in [2.05, 4.69) is 32.3 Å². The molecule has 1 N–H and O–H groups in total. The number of hydrogen-bond donors (Lipinski definition) is 1. The van der Waals surface area contributed by atoms with Crippen LogP contribution in [0, 0.1) is 0 Å². The first-order valence-corrected chi connectivity index (χ1v) is 8.11. The van der Waals surface area contributed by atoms with Gasteiger partial charge in [0.15, 0.2) is 0 Å². The fourth-order valence-corrected chi connectivity index (χ4v) is 2.79. The number of hydrogen-bond acceptors (Lipinski definition) is 4. The Kier molecular flexibility index (Phi) is 5.33. The van der Waals surface area contributed by atoms with Crippen molar-refractivity contribution in [2.75, 3.05) is 25.0 Å². The summed E-state index contributed by atoms with van der Waals surface area (Å²) in [5.74, 6) is 0.0292. The molecule has 1 unspecified atom stereocenters. The molecule has 1 aromatic heterocycles. The van der Waals surface area contributed by atoms with Crippen LogP contribution in [-0.2, 0) is 6.18 Å². The minimum Gasteiger partial charge on any atom is -0.350 e. The fourth-order valence-electron chi connectivity index (χ4n) is 2.79. The average Bonchev–Trinajstić information content (AvgIpc) is 3.03. The Morgan fingerprint density at radius 2 is 2.00 bits per heavy atom. The van der Waals surface area contributed by atoms with E-state index in [1.54, 1.807) is 0 Å². The third-order valence-corrected chi connectivity index (χ3v) is 4.03. The number of aromatic nitrogens is 2. The highest BCUT2D eigenvalue weighted by molar-refractivity contribution is 5.48. The lowest BCUT2D eigenvalue weighted by Gasteiger charge is -2.15. The summed E-state index contributed by atoms with van der Waals surface area (Å²) in [5, 5.41) is 3.00. The van der Waals surface area contributed by atoms with Gasteiger partial charge in [-0.1, -0.05) is 42.5 Å². The normalized spacial score (nSPS) is 18.8. The lowest BCUT2D eigenvalue weighted by atomic mass is 10.2. The predicted octanol–water partition coefficient (Wildman–Crippen LogP) is 3.70. The van der Waals surface area contributed by atoms with Crippen LogP contribution in [0.2, 0.25) is 0 Å². The Morgan fingerprint density at radius 1 is 1.20 bits per heavy atom. The summed E-state index contributed by atoms with van der Waals surface area (Å²) in [7, 11) is 0. The molecular weight excluding hydrogens is 329 g/mol. The largest absolute Gasteiger partial charge is 0.433 e. The summed E-state index contributed by atoms with van der Waals surface area (Å²) in [5.41, 5.74) is 0.222. The third-order valence-electron chi connectivity index (χ3n) is 4.03. The molecule has 1 aliphatic heterocycles. The molecule has 7 heteroatoms. The van der Waals surface area contributed by atoms with E-state index in [-0.39, 0.29) is 12.0 Å². The number of anilines is 1. The van der Waals surface area contributed by atoms with Gasteiger partial charge in [0.05, 0.1) is 0 Å². The van der Waals surface area contributed by atoms with Crippen LogP contribution in [0.1, 0.15) is 17.7 Å². The van der Waals surface area contributed by atoms with E-state index in [1.807, 2.05) is 30.3 Å². The molecule has 1 saturated heterocycles. The molecule has 0 saturated carbocycles. The zero-order valence-corrected chi connectivity index (χ0v) is 13.6. The van der Waals surface area contributed by atoms with Crippen LogP contribution < -0.4 is 5.32 Å². The van der Waals surface area contributed by atoms with Crippen molar-refractivity contribution < 1.29 is 13.2 Å². The predicted molar refractivity (Wildman–Crippen MR) is 91.0 cm³/mol. The van der Waals surface area contributed by atoms with Crippen LogP contribution in [0.3, 0.4) is 0 Å². The molecule has 1 fully saturated rings. The first-order valence-electron chi connectivity index (χ1n) is 8.11. The molecule has 0 aliphatic carbocycles. The summed E-state index contributed by atoms with van der Waals surface area (Å²) >= 11 is 0. The maximum atomic E-state index is 12.7. The molecule has 132 valence electrons. The van der Waals surface area contributed by atoms with Crippen molar-refractivity contribution in [1.29, 1.82) is 0 Å². The molecule has 1 aliphatic rings. The Hall–Kier alpha value is -2.41. The van der Waals surface area contributed by atoms with Crippen LogP contribution in [0.4, 0.5) is 19.1 Å². The van der Waals surface area contributed by atoms with Gasteiger partial charge in [-0.15, -0.1) is 0 Å². The van der Waals surface area contributed by atoms with Crippen molar-refractivity contribution in [2.45, 2.75) is 18.6 Å². The summed E-state index contributed by atoms with van der Waals surface area (Å²) in [6, 6.07) is 11.0. The van der Waals surface area contributed by atoms with Crippen LogP contribution in [0.25, 0.3) is 6.08 Å². The van der Waals surface area contributed by atoms with Gasteiger partial charge in [-0.2, -0.15) is 13.2 Å². The Morgan fingerprint density at radius 3 is 2.76 bits per heavy atom. The van der Waals surface area contributed by atoms with Crippen LogP contribution >= 0.6 is 0 Å². The second-order valence-electron chi connectivity index (χ2n) is 5.97. The van der Waals surface area contributed by atoms with Crippen LogP contribution in [-0.4, -0.2) is 40.5 Å². The van der Waals surface area contributed by atoms with E-state index < -0.39 is 11.9 Å². The van der Waals surface area contributed by atoms with Gasteiger partial charge in [-0.25, -0.2) is 9.97 Å². The number of rotatable bonds is 5. The number of halogens is 3. The summed E-state index contributed by atoms with van der Waals surface area (Å²) in [6.45, 7) is 2.44. The van der Waals surface area contributed by atoms with Crippen molar-refractivity contribution >= 4 is 12.0 Å². The molecule has 1 aromatic carbocycles. The number of nitrogens with zero attached hydrogens (tertiary/aromatic N) is 3. The van der Waals surface area contributed by atoms with E-state index in [0.29, 0.717) is 0 Å². The first-order chi connectivity index (χ1) is 12.0. The first kappa shape index (κ1) is 17.4. The number of alkyl halides is 3. The van der Waals surface area contributed by atoms with Gasteiger partial charge in [0.25, 0.3) is 0 Å². The Bertz CT molecular complexity index is 716. The zero-order chi connectivity index (χ0) is 17.7. The third kappa shape index (κ3) is 5.03. The molecule has 0 amide bonds. The minimum atomic E-state index is -4.46. The monoisotopic (exact) mass is 348 g/mol. The molecule has 0 spiro atoms. The minimum absolute atomic E-state index is 0.0292. The lowest BCUT2D eigenvalue weighted by molar-refractivity contribution is -0.141. The lowest BCUT2D eigenvalue weighted by Crippen LogP contribution is -2.27. The molecule has 3 rings (SSSR count). The van der Waals surface area contributed by atoms with Crippen molar-refractivity contribution in [3.8, 4) is 0 Å². The number of nitrogens with one attached hydrogen (secondary N) is 1. The van der Waals surface area contributed by atoms with Gasteiger partial charge >= 0.3 is 6.18 Å². The highest BCUT2D eigenvalue weighted by atomic mass is 19.4. The second-order valence-corrected chi connectivity index (χ2v) is 5.97. The standard InChI is InChI=1S/C18H19F3N4/c19-18(20,21)16-8-10-22-17(24-16)23-15-9-12-25(13-15)11-4-7-14-5-2-1-3-6-14/h1-8,10,15H,9,11-13H2,(H,22,23,24)/b7-4+. The van der Waals surface area contributed by atoms with Gasteiger partial charge in [-0.3, -0.25) is 4.90 Å². The van der Waals surface area contributed by atoms with E-state index >= 15 is 0 Å². The molecule has 4 nitrogen and oxygen atoms in total. The Labute approximate surface area is 144 Å². The fraction of sp³-hybridized carbons (Fsp3) is 0.333. The van der Waals surface area contributed by atoms with Crippen molar-refractivity contribution in [1.82, 2.24) is 14.9 Å². The molecule has 2 aromatic rings. The molecule has 0 radical (unpaired) electrons. The van der Waals surface area contributed by atoms with Crippen molar-refractivity contribution in [2.24, 2.45) is 0 Å². The molecule has 2 heterocycles. The zero-order valence-electron chi connectivity index (χ0n) is 13.6. The summed E-state index contributed by atoms with van der Waals surface area (Å²) in [6.07, 6.45) is 1.69. The number of likely N-dealkylation sites (tertiary alicyclic amines) is 1. The number of benzene rings is 1. The van der Waals surface area contributed by atoms with Crippen molar-refractivity contribution in [3.63, 3.8) is 0 Å². The van der Waals surface area contributed by atoms with E-state index in [4.69, 9.17) is 0 Å². The van der Waals surface area contributed by atoms with E-state index in [1.165, 1.54) is 0 Å². The van der Waals surface area contributed by atoms with Gasteiger partial charge in [0, 0.05) is 31.9 Å². The Balaban J connectivity index is 1.51. The SMILES string of the molecule is FC(F)(F)c1ccnc(NC2CCN(C/C=C/c3ccccc3)C2)n1. The smallest absolute Gasteiger partial charge is 0.350 e. The maximum absolute atomic E-state index is 12.7. The van der Waals surface area contributed by atoms with Gasteiger partial charge in [0.2, 0.25) is 5.95 Å². The van der Waals surface area contributed by atoms with E-state index in [9.17, 15) is 13.2 Å². The van der Waals surface area contributed by atoms with Gasteiger partial charge in [-0.05, 0) is 18.1 Å². The quantitative estimate of drug-likeness (QED) is 0.895. The summed E-state index contributed by atoms with van der Waals surface area (Å²) in [4.78, 5) is 9.68. The highest BCUT2D eigenvalue weighted by Gasteiger charge is 2.33. The average molecular weight is 348 g/mol. The van der Waals surface area contributed by atoms with Crippen LogP contribution in [0.5, 0.6) is 0 Å². The maximum Gasteiger partial charge on any atom is 0.433 e. The highest BCUT2D eigenvalue weighted by Crippen LogP contribution is 2.27. The molecular formula is C18H19F3N4. The molecule has 25 heavy (non-hydrogen) atoms.